The zero-order chi connectivity index (χ0) is 17.9. The number of carbonyl (C=O) groups is 2. The van der Waals surface area contributed by atoms with E-state index >= 15 is 0 Å². The van der Waals surface area contributed by atoms with Crippen LogP contribution in [0.3, 0.4) is 0 Å². The van der Waals surface area contributed by atoms with E-state index in [0.29, 0.717) is 19.0 Å². The summed E-state index contributed by atoms with van der Waals surface area (Å²) < 4.78 is 6.13. The van der Waals surface area contributed by atoms with Crippen LogP contribution in [0.25, 0.3) is 0 Å². The fourth-order valence-electron chi connectivity index (χ4n) is 4.74. The number of rotatable bonds is 3. The van der Waals surface area contributed by atoms with Crippen molar-refractivity contribution in [1.82, 2.24) is 9.80 Å². The molecule has 0 aromatic rings. The fraction of sp³-hybridized carbons (Fsp3) is 0.895. The molecule has 6 heteroatoms. The standard InChI is InChI=1S/C19H32N2O4/c1-15(23)20-8-2-17(3-9-20)18(24)21-10-6-19(7-11-21)14-16(4-12-22)5-13-25-19/h16-17,22H,2-14H2,1H3. The summed E-state index contributed by atoms with van der Waals surface area (Å²) in [4.78, 5) is 28.1. The van der Waals surface area contributed by atoms with E-state index in [0.717, 1.165) is 64.6 Å². The zero-order valence-corrected chi connectivity index (χ0v) is 15.4. The third-order valence-corrected chi connectivity index (χ3v) is 6.41. The van der Waals surface area contributed by atoms with Gasteiger partial charge in [-0.1, -0.05) is 0 Å². The number of aliphatic hydroxyl groups is 1. The van der Waals surface area contributed by atoms with Gasteiger partial charge in [-0.15, -0.1) is 0 Å². The molecule has 6 nitrogen and oxygen atoms in total. The Kier molecular flexibility index (Phi) is 6.00. The Hall–Kier alpha value is -1.14. The molecule has 3 aliphatic rings. The van der Waals surface area contributed by atoms with Crippen molar-refractivity contribution in [3.8, 4) is 0 Å². The average Bonchev–Trinajstić information content (AvgIpc) is 2.62. The van der Waals surface area contributed by atoms with Crippen molar-refractivity contribution in [3.05, 3.63) is 0 Å². The number of hydrogen-bond donors (Lipinski definition) is 1. The minimum Gasteiger partial charge on any atom is -0.396 e. The van der Waals surface area contributed by atoms with E-state index in [2.05, 4.69) is 0 Å². The zero-order valence-electron chi connectivity index (χ0n) is 15.4. The first kappa shape index (κ1) is 18.6. The fourth-order valence-corrected chi connectivity index (χ4v) is 4.74. The van der Waals surface area contributed by atoms with Crippen LogP contribution < -0.4 is 0 Å². The summed E-state index contributed by atoms with van der Waals surface area (Å²) in [7, 11) is 0. The van der Waals surface area contributed by atoms with Gasteiger partial charge in [0.15, 0.2) is 0 Å². The minimum absolute atomic E-state index is 0.0686. The van der Waals surface area contributed by atoms with Crippen molar-refractivity contribution in [1.29, 1.82) is 0 Å². The Morgan fingerprint density at radius 1 is 1.08 bits per heavy atom. The van der Waals surface area contributed by atoms with Gasteiger partial charge >= 0.3 is 0 Å². The molecule has 2 amide bonds. The summed E-state index contributed by atoms with van der Waals surface area (Å²) in [5, 5.41) is 9.20. The summed E-state index contributed by atoms with van der Waals surface area (Å²) in [5.41, 5.74) is -0.0765. The first-order valence-electron chi connectivity index (χ1n) is 9.82. The van der Waals surface area contributed by atoms with Gasteiger partial charge < -0.3 is 19.6 Å². The molecule has 1 unspecified atom stereocenters. The van der Waals surface area contributed by atoms with Gasteiger partial charge in [-0.3, -0.25) is 9.59 Å². The molecule has 0 bridgehead atoms. The second kappa shape index (κ2) is 8.04. The summed E-state index contributed by atoms with van der Waals surface area (Å²) >= 11 is 0. The molecule has 0 radical (unpaired) electrons. The van der Waals surface area contributed by atoms with Crippen LogP contribution in [0.15, 0.2) is 0 Å². The van der Waals surface area contributed by atoms with Crippen LogP contribution in [-0.2, 0) is 14.3 Å². The first-order valence-corrected chi connectivity index (χ1v) is 9.82. The average molecular weight is 352 g/mol. The molecule has 1 N–H and O–H groups in total. The van der Waals surface area contributed by atoms with Gasteiger partial charge in [0.1, 0.15) is 0 Å². The Labute approximate surface area is 150 Å². The number of carbonyl (C=O) groups excluding carboxylic acids is 2. The van der Waals surface area contributed by atoms with Crippen molar-refractivity contribution in [3.63, 3.8) is 0 Å². The summed E-state index contributed by atoms with van der Waals surface area (Å²) in [6.45, 7) is 5.59. The highest BCUT2D eigenvalue weighted by Crippen LogP contribution is 2.39. The van der Waals surface area contributed by atoms with Gasteiger partial charge in [-0.05, 0) is 50.9 Å². The molecule has 1 spiro atoms. The molecule has 25 heavy (non-hydrogen) atoms. The summed E-state index contributed by atoms with van der Waals surface area (Å²) in [5.74, 6) is 0.995. The second-order valence-electron chi connectivity index (χ2n) is 8.01. The van der Waals surface area contributed by atoms with E-state index in [9.17, 15) is 14.7 Å². The number of nitrogens with zero attached hydrogens (tertiary/aromatic N) is 2. The monoisotopic (exact) mass is 352 g/mol. The van der Waals surface area contributed by atoms with E-state index in [1.807, 2.05) is 9.80 Å². The number of ether oxygens (including phenoxy) is 1. The quantitative estimate of drug-likeness (QED) is 0.834. The van der Waals surface area contributed by atoms with Crippen LogP contribution in [0.1, 0.15) is 51.9 Å². The SMILES string of the molecule is CC(=O)N1CCC(C(=O)N2CCC3(CC2)CC(CCO)CCO3)CC1. The van der Waals surface area contributed by atoms with Crippen LogP contribution in [0, 0.1) is 11.8 Å². The highest BCUT2D eigenvalue weighted by molar-refractivity contribution is 5.80. The van der Waals surface area contributed by atoms with Crippen molar-refractivity contribution < 1.29 is 19.4 Å². The molecule has 1 atom stereocenters. The number of amides is 2. The van der Waals surface area contributed by atoms with Gasteiger partial charge in [0.05, 0.1) is 5.60 Å². The van der Waals surface area contributed by atoms with E-state index < -0.39 is 0 Å². The predicted molar refractivity (Wildman–Crippen MR) is 93.9 cm³/mol. The Morgan fingerprint density at radius 3 is 2.36 bits per heavy atom. The normalized spacial score (nSPS) is 27.5. The van der Waals surface area contributed by atoms with Gasteiger partial charge in [0, 0.05) is 52.2 Å². The molecule has 0 aliphatic carbocycles. The molecule has 0 saturated carbocycles. The van der Waals surface area contributed by atoms with E-state index in [4.69, 9.17) is 4.74 Å². The maximum Gasteiger partial charge on any atom is 0.225 e. The molecule has 3 heterocycles. The highest BCUT2D eigenvalue weighted by atomic mass is 16.5. The second-order valence-corrected chi connectivity index (χ2v) is 8.01. The maximum atomic E-state index is 12.8. The lowest BCUT2D eigenvalue weighted by Crippen LogP contribution is -2.52. The van der Waals surface area contributed by atoms with Crippen LogP contribution in [0.4, 0.5) is 0 Å². The molecule has 0 aromatic heterocycles. The summed E-state index contributed by atoms with van der Waals surface area (Å²) in [6, 6.07) is 0. The van der Waals surface area contributed by atoms with Crippen molar-refractivity contribution >= 4 is 11.8 Å². The Morgan fingerprint density at radius 2 is 1.76 bits per heavy atom. The Balaban J connectivity index is 1.49. The molecule has 3 fully saturated rings. The van der Waals surface area contributed by atoms with Crippen molar-refractivity contribution in [2.75, 3.05) is 39.4 Å². The lowest BCUT2D eigenvalue weighted by molar-refractivity contribution is -0.153. The van der Waals surface area contributed by atoms with Crippen LogP contribution in [-0.4, -0.2) is 71.7 Å². The van der Waals surface area contributed by atoms with Gasteiger partial charge in [0.25, 0.3) is 0 Å². The number of likely N-dealkylation sites (tertiary alicyclic amines) is 2. The molecule has 142 valence electrons. The third-order valence-electron chi connectivity index (χ3n) is 6.41. The largest absolute Gasteiger partial charge is 0.396 e. The lowest BCUT2D eigenvalue weighted by Gasteiger charge is -2.47. The number of hydrogen-bond acceptors (Lipinski definition) is 4. The van der Waals surface area contributed by atoms with Gasteiger partial charge in [0.2, 0.25) is 11.8 Å². The third kappa shape index (κ3) is 4.34. The number of piperidine rings is 2. The summed E-state index contributed by atoms with van der Waals surface area (Å²) in [6.07, 6.45) is 6.32. The van der Waals surface area contributed by atoms with Crippen LogP contribution in [0.2, 0.25) is 0 Å². The smallest absolute Gasteiger partial charge is 0.225 e. The topological polar surface area (TPSA) is 70.1 Å². The van der Waals surface area contributed by atoms with Crippen LogP contribution in [0.5, 0.6) is 0 Å². The van der Waals surface area contributed by atoms with Gasteiger partial charge in [-0.2, -0.15) is 0 Å². The van der Waals surface area contributed by atoms with E-state index in [1.165, 1.54) is 0 Å². The van der Waals surface area contributed by atoms with E-state index in [1.54, 1.807) is 6.92 Å². The van der Waals surface area contributed by atoms with Crippen molar-refractivity contribution in [2.24, 2.45) is 11.8 Å². The molecule has 3 aliphatic heterocycles. The predicted octanol–water partition coefficient (Wildman–Crippen LogP) is 1.42. The minimum atomic E-state index is -0.0765. The van der Waals surface area contributed by atoms with E-state index in [-0.39, 0.29) is 29.9 Å². The highest BCUT2D eigenvalue weighted by Gasteiger charge is 2.42. The first-order chi connectivity index (χ1) is 12.0. The number of aliphatic hydroxyl groups excluding tert-OH is 1. The maximum absolute atomic E-state index is 12.8. The lowest BCUT2D eigenvalue weighted by atomic mass is 9.78. The molecular weight excluding hydrogens is 320 g/mol. The molecule has 0 aromatic carbocycles. The Bertz CT molecular complexity index is 478. The molecule has 3 rings (SSSR count). The molecular formula is C19H32N2O4. The van der Waals surface area contributed by atoms with Crippen molar-refractivity contribution in [2.45, 2.75) is 57.5 Å². The van der Waals surface area contributed by atoms with Crippen LogP contribution >= 0.6 is 0 Å². The molecule has 3 saturated heterocycles. The van der Waals surface area contributed by atoms with Gasteiger partial charge in [-0.25, -0.2) is 0 Å².